The molecule has 1 fully saturated rings. The zero-order chi connectivity index (χ0) is 23.7. The van der Waals surface area contributed by atoms with E-state index in [0.29, 0.717) is 30.0 Å². The summed E-state index contributed by atoms with van der Waals surface area (Å²) in [7, 11) is 0. The molecule has 0 radical (unpaired) electrons. The van der Waals surface area contributed by atoms with E-state index in [4.69, 9.17) is 10.00 Å². The van der Waals surface area contributed by atoms with Gasteiger partial charge in [0.1, 0.15) is 5.82 Å². The number of rotatable bonds is 5. The Morgan fingerprint density at radius 1 is 1.18 bits per heavy atom. The maximum Gasteiger partial charge on any atom is 0.303 e. The van der Waals surface area contributed by atoms with Gasteiger partial charge in [-0.15, -0.1) is 0 Å². The number of carbonyl (C=O) groups excluding carboxylic acids is 2. The van der Waals surface area contributed by atoms with Crippen molar-refractivity contribution in [3.05, 3.63) is 76.2 Å². The predicted octanol–water partition coefficient (Wildman–Crippen LogP) is 4.43. The van der Waals surface area contributed by atoms with E-state index in [9.17, 15) is 9.59 Å². The van der Waals surface area contributed by atoms with E-state index in [1.165, 1.54) is 6.92 Å². The van der Waals surface area contributed by atoms with Crippen molar-refractivity contribution in [1.82, 2.24) is 14.9 Å². The molecule has 7 nitrogen and oxygen atoms in total. The topological polar surface area (TPSA) is 99.1 Å². The first kappa shape index (κ1) is 22.3. The molecule has 168 valence electrons. The number of aromatic nitrogens is 2. The minimum atomic E-state index is -0.483. The molecular formula is C26H26N4O3. The number of nitriles is 1. The number of H-pyrrole nitrogens is 1. The molecule has 4 rings (SSSR count). The summed E-state index contributed by atoms with van der Waals surface area (Å²) >= 11 is 0. The van der Waals surface area contributed by atoms with Gasteiger partial charge in [-0.2, -0.15) is 5.26 Å². The second-order valence-electron chi connectivity index (χ2n) is 8.56. The molecule has 7 heteroatoms. The van der Waals surface area contributed by atoms with Crippen LogP contribution in [-0.4, -0.2) is 39.8 Å². The molecule has 1 amide bonds. The second kappa shape index (κ2) is 8.91. The summed E-state index contributed by atoms with van der Waals surface area (Å²) in [6.07, 6.45) is 1.22. The van der Waals surface area contributed by atoms with Gasteiger partial charge in [-0.1, -0.05) is 18.2 Å². The van der Waals surface area contributed by atoms with Crippen LogP contribution in [0.4, 0.5) is 0 Å². The average molecular weight is 443 g/mol. The molecule has 1 atom stereocenters. The number of aromatic amines is 1. The molecule has 0 bridgehead atoms. The minimum absolute atomic E-state index is 0.00617. The Kier molecular flexibility index (Phi) is 6.01. The summed E-state index contributed by atoms with van der Waals surface area (Å²) < 4.78 is 5.20. The highest BCUT2D eigenvalue weighted by Crippen LogP contribution is 2.32. The van der Waals surface area contributed by atoms with Crippen LogP contribution >= 0.6 is 0 Å². The lowest BCUT2D eigenvalue weighted by molar-refractivity contribution is -0.146. The molecule has 0 aliphatic carbocycles. The summed E-state index contributed by atoms with van der Waals surface area (Å²) in [5.74, 6) is 0.478. The van der Waals surface area contributed by atoms with Crippen LogP contribution < -0.4 is 0 Å². The molecule has 1 aromatic heterocycles. The van der Waals surface area contributed by atoms with Gasteiger partial charge in [-0.25, -0.2) is 4.98 Å². The smallest absolute Gasteiger partial charge is 0.303 e. The van der Waals surface area contributed by atoms with E-state index in [2.05, 4.69) is 16.0 Å². The first-order chi connectivity index (χ1) is 15.8. The third kappa shape index (κ3) is 4.51. The van der Waals surface area contributed by atoms with Crippen LogP contribution in [-0.2, 0) is 9.53 Å². The molecule has 1 saturated heterocycles. The van der Waals surface area contributed by atoms with Gasteiger partial charge in [0.05, 0.1) is 23.5 Å². The van der Waals surface area contributed by atoms with Gasteiger partial charge in [0.25, 0.3) is 5.91 Å². The molecule has 1 aliphatic heterocycles. The molecule has 1 unspecified atom stereocenters. The number of amides is 1. The molecule has 1 N–H and O–H groups in total. The van der Waals surface area contributed by atoms with Gasteiger partial charge in [0, 0.05) is 37.1 Å². The summed E-state index contributed by atoms with van der Waals surface area (Å²) in [5, 5.41) is 8.96. The van der Waals surface area contributed by atoms with E-state index in [1.807, 2.05) is 55.1 Å². The minimum Gasteiger partial charge on any atom is -0.455 e. The van der Waals surface area contributed by atoms with Crippen molar-refractivity contribution in [2.24, 2.45) is 0 Å². The van der Waals surface area contributed by atoms with Crippen LogP contribution in [0.2, 0.25) is 0 Å². The standard InChI is InChI=1S/C26H26N4O3/c1-15-9-16(2)23(10-22(15)24-12-28-25(29-24)17(3)33-18(4)31)26(32)30-13-21(14-30)20-7-5-19(11-27)6-8-20/h5-10,12,17,21H,13-14H2,1-4H3,(H,28,29). The molecule has 2 aromatic carbocycles. The lowest BCUT2D eigenvalue weighted by Crippen LogP contribution is -2.48. The Bertz CT molecular complexity index is 1250. The van der Waals surface area contributed by atoms with Crippen molar-refractivity contribution in [3.8, 4) is 17.3 Å². The van der Waals surface area contributed by atoms with Gasteiger partial charge in [0.15, 0.2) is 6.10 Å². The predicted molar refractivity (Wildman–Crippen MR) is 123 cm³/mol. The third-order valence-corrected chi connectivity index (χ3v) is 6.10. The summed E-state index contributed by atoms with van der Waals surface area (Å²) in [5.41, 5.74) is 6.06. The first-order valence-corrected chi connectivity index (χ1v) is 10.9. The lowest BCUT2D eigenvalue weighted by Gasteiger charge is -2.40. The molecule has 1 aliphatic rings. The average Bonchev–Trinajstić information content (AvgIpc) is 3.23. The molecule has 2 heterocycles. The number of benzene rings is 2. The summed E-state index contributed by atoms with van der Waals surface area (Å²) in [6, 6.07) is 13.6. The van der Waals surface area contributed by atoms with Crippen molar-refractivity contribution in [1.29, 1.82) is 5.26 Å². The van der Waals surface area contributed by atoms with Gasteiger partial charge in [-0.3, -0.25) is 9.59 Å². The van der Waals surface area contributed by atoms with Gasteiger partial charge in [0.2, 0.25) is 0 Å². The largest absolute Gasteiger partial charge is 0.455 e. The van der Waals surface area contributed by atoms with Crippen LogP contribution in [0.5, 0.6) is 0 Å². The highest BCUT2D eigenvalue weighted by atomic mass is 16.5. The van der Waals surface area contributed by atoms with E-state index < -0.39 is 6.10 Å². The van der Waals surface area contributed by atoms with Crippen LogP contribution in [0.1, 0.15) is 64.3 Å². The zero-order valence-electron chi connectivity index (χ0n) is 19.2. The molecule has 3 aromatic rings. The number of nitrogens with zero attached hydrogens (tertiary/aromatic N) is 3. The number of carbonyl (C=O) groups is 2. The number of ether oxygens (including phenoxy) is 1. The third-order valence-electron chi connectivity index (χ3n) is 6.10. The highest BCUT2D eigenvalue weighted by Gasteiger charge is 2.33. The molecular weight excluding hydrogens is 416 g/mol. The summed E-state index contributed by atoms with van der Waals surface area (Å²) in [4.78, 5) is 33.9. The first-order valence-electron chi connectivity index (χ1n) is 10.9. The van der Waals surface area contributed by atoms with E-state index in [1.54, 1.807) is 13.1 Å². The lowest BCUT2D eigenvalue weighted by atomic mass is 9.89. The van der Waals surface area contributed by atoms with Crippen LogP contribution in [0.3, 0.4) is 0 Å². The fourth-order valence-corrected chi connectivity index (χ4v) is 4.21. The van der Waals surface area contributed by atoms with Crippen molar-refractivity contribution >= 4 is 11.9 Å². The zero-order valence-corrected chi connectivity index (χ0v) is 19.2. The Hall–Kier alpha value is -3.92. The van der Waals surface area contributed by atoms with E-state index in [0.717, 1.165) is 27.9 Å². The highest BCUT2D eigenvalue weighted by molar-refractivity contribution is 5.97. The Labute approximate surface area is 193 Å². The number of aryl methyl sites for hydroxylation is 2. The van der Waals surface area contributed by atoms with Gasteiger partial charge >= 0.3 is 5.97 Å². The number of likely N-dealkylation sites (tertiary alicyclic amines) is 1. The number of imidazole rings is 1. The van der Waals surface area contributed by atoms with Crippen molar-refractivity contribution < 1.29 is 14.3 Å². The maximum atomic E-state index is 13.3. The van der Waals surface area contributed by atoms with Gasteiger partial charge < -0.3 is 14.6 Å². The monoisotopic (exact) mass is 442 g/mol. The Morgan fingerprint density at radius 2 is 1.88 bits per heavy atom. The van der Waals surface area contributed by atoms with Crippen LogP contribution in [0.25, 0.3) is 11.3 Å². The SMILES string of the molecule is CC(=O)OC(C)c1ncc(-c2cc(C(=O)N3CC(c4ccc(C#N)cc4)C3)c(C)cc2C)[nH]1. The second-order valence-corrected chi connectivity index (χ2v) is 8.56. The van der Waals surface area contributed by atoms with E-state index >= 15 is 0 Å². The normalized spacial score (nSPS) is 14.3. The summed E-state index contributed by atoms with van der Waals surface area (Å²) in [6.45, 7) is 8.38. The fraction of sp³-hybridized carbons (Fsp3) is 0.308. The number of hydrogen-bond acceptors (Lipinski definition) is 5. The Balaban J connectivity index is 1.52. The fourth-order valence-electron chi connectivity index (χ4n) is 4.21. The maximum absolute atomic E-state index is 13.3. The quantitative estimate of drug-likeness (QED) is 0.590. The molecule has 0 saturated carbocycles. The van der Waals surface area contributed by atoms with Crippen molar-refractivity contribution in [3.63, 3.8) is 0 Å². The van der Waals surface area contributed by atoms with Crippen molar-refractivity contribution in [2.75, 3.05) is 13.1 Å². The van der Waals surface area contributed by atoms with Gasteiger partial charge in [-0.05, 0) is 55.7 Å². The number of esters is 1. The van der Waals surface area contributed by atoms with E-state index in [-0.39, 0.29) is 17.8 Å². The van der Waals surface area contributed by atoms with Crippen LogP contribution in [0, 0.1) is 25.2 Å². The number of hydrogen-bond donors (Lipinski definition) is 1. The van der Waals surface area contributed by atoms with Crippen LogP contribution in [0.15, 0.2) is 42.6 Å². The molecule has 0 spiro atoms. The Morgan fingerprint density at radius 3 is 2.52 bits per heavy atom. The number of nitrogens with one attached hydrogen (secondary N) is 1. The van der Waals surface area contributed by atoms with Crippen molar-refractivity contribution in [2.45, 2.75) is 39.7 Å². The molecule has 33 heavy (non-hydrogen) atoms.